The SMILES string of the molecule is CCC(N)C(OCCOC)c1ccc(Br)cc1. The molecule has 0 heterocycles. The molecule has 4 heteroatoms. The van der Waals surface area contributed by atoms with Crippen molar-refractivity contribution >= 4 is 15.9 Å². The molecular formula is C13H20BrNO2. The van der Waals surface area contributed by atoms with Gasteiger partial charge in [-0.1, -0.05) is 35.0 Å². The third-order valence-corrected chi connectivity index (χ3v) is 3.17. The van der Waals surface area contributed by atoms with E-state index in [2.05, 4.69) is 22.9 Å². The average molecular weight is 302 g/mol. The lowest BCUT2D eigenvalue weighted by Crippen LogP contribution is -2.30. The van der Waals surface area contributed by atoms with Gasteiger partial charge in [0.2, 0.25) is 0 Å². The Bertz CT molecular complexity index is 316. The van der Waals surface area contributed by atoms with E-state index in [4.69, 9.17) is 15.2 Å². The van der Waals surface area contributed by atoms with Gasteiger partial charge in [0.05, 0.1) is 19.3 Å². The molecule has 1 aromatic carbocycles. The molecule has 0 aromatic heterocycles. The predicted octanol–water partition coefficient (Wildman–Crippen LogP) is 2.89. The standard InChI is InChI=1S/C13H20BrNO2/c1-3-12(15)13(17-9-8-16-2)10-4-6-11(14)7-5-10/h4-7,12-13H,3,8-9,15H2,1-2H3. The van der Waals surface area contributed by atoms with Crippen molar-refractivity contribution in [2.45, 2.75) is 25.5 Å². The number of nitrogens with two attached hydrogens (primary N) is 1. The lowest BCUT2D eigenvalue weighted by atomic mass is 10.0. The Balaban J connectivity index is 2.71. The summed E-state index contributed by atoms with van der Waals surface area (Å²) in [4.78, 5) is 0. The number of benzene rings is 1. The first kappa shape index (κ1) is 14.6. The molecule has 0 spiro atoms. The molecule has 17 heavy (non-hydrogen) atoms. The molecule has 2 N–H and O–H groups in total. The van der Waals surface area contributed by atoms with Crippen LogP contribution in [0, 0.1) is 0 Å². The van der Waals surface area contributed by atoms with Crippen LogP contribution in [0.2, 0.25) is 0 Å². The van der Waals surface area contributed by atoms with Crippen molar-refractivity contribution in [1.82, 2.24) is 0 Å². The van der Waals surface area contributed by atoms with Crippen molar-refractivity contribution < 1.29 is 9.47 Å². The van der Waals surface area contributed by atoms with E-state index in [0.29, 0.717) is 13.2 Å². The lowest BCUT2D eigenvalue weighted by Gasteiger charge is -2.23. The number of ether oxygens (including phenoxy) is 2. The third kappa shape index (κ3) is 4.76. The van der Waals surface area contributed by atoms with Crippen LogP contribution in [0.5, 0.6) is 0 Å². The van der Waals surface area contributed by atoms with Crippen molar-refractivity contribution in [2.75, 3.05) is 20.3 Å². The summed E-state index contributed by atoms with van der Waals surface area (Å²) in [5.74, 6) is 0. The fraction of sp³-hybridized carbons (Fsp3) is 0.538. The van der Waals surface area contributed by atoms with Gasteiger partial charge in [0.15, 0.2) is 0 Å². The third-order valence-electron chi connectivity index (χ3n) is 2.64. The van der Waals surface area contributed by atoms with Crippen LogP contribution in [0.25, 0.3) is 0 Å². The Kier molecular flexibility index (Phi) is 6.73. The normalized spacial score (nSPS) is 14.6. The van der Waals surface area contributed by atoms with Crippen LogP contribution in [-0.4, -0.2) is 26.4 Å². The second-order valence-electron chi connectivity index (χ2n) is 3.91. The number of halogens is 1. The van der Waals surface area contributed by atoms with Crippen molar-refractivity contribution in [1.29, 1.82) is 0 Å². The molecule has 1 aromatic rings. The second-order valence-corrected chi connectivity index (χ2v) is 4.82. The van der Waals surface area contributed by atoms with E-state index >= 15 is 0 Å². The highest BCUT2D eigenvalue weighted by Gasteiger charge is 2.18. The molecule has 0 aliphatic carbocycles. The van der Waals surface area contributed by atoms with Crippen LogP contribution in [0.1, 0.15) is 25.0 Å². The Labute approximate surface area is 111 Å². The van der Waals surface area contributed by atoms with Crippen molar-refractivity contribution in [3.8, 4) is 0 Å². The van der Waals surface area contributed by atoms with Gasteiger partial charge in [0, 0.05) is 17.6 Å². The Hall–Kier alpha value is -0.420. The highest BCUT2D eigenvalue weighted by Crippen LogP contribution is 2.23. The zero-order valence-corrected chi connectivity index (χ0v) is 11.9. The summed E-state index contributed by atoms with van der Waals surface area (Å²) in [6.45, 7) is 3.21. The predicted molar refractivity (Wildman–Crippen MR) is 73.0 cm³/mol. The van der Waals surface area contributed by atoms with Crippen LogP contribution in [0.15, 0.2) is 28.7 Å². The number of rotatable bonds is 7. The summed E-state index contributed by atoms with van der Waals surface area (Å²) in [6.07, 6.45) is 0.816. The minimum Gasteiger partial charge on any atom is -0.382 e. The summed E-state index contributed by atoms with van der Waals surface area (Å²) in [5.41, 5.74) is 7.20. The van der Waals surface area contributed by atoms with Gasteiger partial charge < -0.3 is 15.2 Å². The van der Waals surface area contributed by atoms with E-state index in [1.54, 1.807) is 7.11 Å². The first-order valence-corrected chi connectivity index (χ1v) is 6.60. The molecule has 0 bridgehead atoms. The van der Waals surface area contributed by atoms with Gasteiger partial charge in [0.1, 0.15) is 0 Å². The maximum atomic E-state index is 6.09. The fourth-order valence-corrected chi connectivity index (χ4v) is 1.86. The minimum absolute atomic E-state index is 0.00744. The molecule has 96 valence electrons. The summed E-state index contributed by atoms with van der Waals surface area (Å²) in [5, 5.41) is 0. The quantitative estimate of drug-likeness (QED) is 0.788. The van der Waals surface area contributed by atoms with Gasteiger partial charge in [0.25, 0.3) is 0 Å². The molecule has 0 saturated heterocycles. The van der Waals surface area contributed by atoms with Crippen LogP contribution in [0.4, 0.5) is 0 Å². The monoisotopic (exact) mass is 301 g/mol. The first-order valence-electron chi connectivity index (χ1n) is 5.80. The molecule has 0 radical (unpaired) electrons. The summed E-state index contributed by atoms with van der Waals surface area (Å²) in [7, 11) is 1.66. The Morgan fingerprint density at radius 3 is 2.41 bits per heavy atom. The molecule has 0 amide bonds. The van der Waals surface area contributed by atoms with E-state index in [9.17, 15) is 0 Å². The molecule has 2 unspecified atom stereocenters. The molecule has 2 atom stereocenters. The molecular weight excluding hydrogens is 282 g/mol. The first-order chi connectivity index (χ1) is 8.19. The topological polar surface area (TPSA) is 44.5 Å². The molecule has 0 saturated carbocycles. The Morgan fingerprint density at radius 1 is 1.24 bits per heavy atom. The Morgan fingerprint density at radius 2 is 1.88 bits per heavy atom. The van der Waals surface area contributed by atoms with Crippen LogP contribution in [-0.2, 0) is 9.47 Å². The van der Waals surface area contributed by atoms with Crippen LogP contribution >= 0.6 is 15.9 Å². The molecule has 3 nitrogen and oxygen atoms in total. The highest BCUT2D eigenvalue weighted by molar-refractivity contribution is 9.10. The lowest BCUT2D eigenvalue weighted by molar-refractivity contribution is 0.00272. The zero-order valence-electron chi connectivity index (χ0n) is 10.4. The smallest absolute Gasteiger partial charge is 0.0976 e. The van der Waals surface area contributed by atoms with E-state index in [-0.39, 0.29) is 12.1 Å². The minimum atomic E-state index is -0.0664. The van der Waals surface area contributed by atoms with Crippen molar-refractivity contribution in [3.05, 3.63) is 34.3 Å². The molecule has 0 aliphatic heterocycles. The molecule has 0 aliphatic rings. The van der Waals surface area contributed by atoms with Gasteiger partial charge >= 0.3 is 0 Å². The van der Waals surface area contributed by atoms with E-state index < -0.39 is 0 Å². The van der Waals surface area contributed by atoms with Gasteiger partial charge in [-0.3, -0.25) is 0 Å². The zero-order chi connectivity index (χ0) is 12.7. The number of methoxy groups -OCH3 is 1. The number of hydrogen-bond acceptors (Lipinski definition) is 3. The average Bonchev–Trinajstić information content (AvgIpc) is 2.35. The van der Waals surface area contributed by atoms with E-state index in [0.717, 1.165) is 16.5 Å². The van der Waals surface area contributed by atoms with Crippen LogP contribution < -0.4 is 5.73 Å². The van der Waals surface area contributed by atoms with Gasteiger partial charge in [-0.25, -0.2) is 0 Å². The largest absolute Gasteiger partial charge is 0.382 e. The molecule has 1 rings (SSSR count). The van der Waals surface area contributed by atoms with Crippen molar-refractivity contribution in [3.63, 3.8) is 0 Å². The van der Waals surface area contributed by atoms with E-state index in [1.807, 2.05) is 24.3 Å². The van der Waals surface area contributed by atoms with Crippen LogP contribution in [0.3, 0.4) is 0 Å². The van der Waals surface area contributed by atoms with Gasteiger partial charge in [-0.05, 0) is 24.1 Å². The van der Waals surface area contributed by atoms with Gasteiger partial charge in [-0.15, -0.1) is 0 Å². The maximum Gasteiger partial charge on any atom is 0.0976 e. The fourth-order valence-electron chi connectivity index (χ4n) is 1.59. The second kappa shape index (κ2) is 7.82. The van der Waals surface area contributed by atoms with E-state index in [1.165, 1.54) is 0 Å². The summed E-state index contributed by atoms with van der Waals surface area (Å²) in [6, 6.07) is 8.09. The summed E-state index contributed by atoms with van der Waals surface area (Å²) < 4.78 is 11.8. The number of hydrogen-bond donors (Lipinski definition) is 1. The highest BCUT2D eigenvalue weighted by atomic mass is 79.9. The van der Waals surface area contributed by atoms with Gasteiger partial charge in [-0.2, -0.15) is 0 Å². The molecule has 0 fully saturated rings. The van der Waals surface area contributed by atoms with Crippen molar-refractivity contribution in [2.24, 2.45) is 5.73 Å². The summed E-state index contributed by atoms with van der Waals surface area (Å²) >= 11 is 3.42. The maximum absolute atomic E-state index is 6.09.